The molecule has 0 saturated heterocycles. The molecule has 2 rings (SSSR count). The van der Waals surface area contributed by atoms with Crippen LogP contribution in [0.25, 0.3) is 0 Å². The summed E-state index contributed by atoms with van der Waals surface area (Å²) in [5.74, 6) is -0.966. The Morgan fingerprint density at radius 3 is 2.03 bits per heavy atom. The summed E-state index contributed by atoms with van der Waals surface area (Å²) < 4.78 is 11.5. The summed E-state index contributed by atoms with van der Waals surface area (Å²) in [6.07, 6.45) is 1.34. The summed E-state index contributed by atoms with van der Waals surface area (Å²) in [6, 6.07) is 8.24. The topological polar surface area (TPSA) is 76.7 Å². The van der Waals surface area contributed by atoms with Crippen molar-refractivity contribution in [3.8, 4) is 5.75 Å². The molecule has 0 bridgehead atoms. The molecule has 2 aromatic rings. The third-order valence-corrected chi connectivity index (χ3v) is 10.9. The van der Waals surface area contributed by atoms with Crippen molar-refractivity contribution in [3.05, 3.63) is 41.7 Å². The fourth-order valence-electron chi connectivity index (χ4n) is 3.28. The van der Waals surface area contributed by atoms with Gasteiger partial charge in [0.2, 0.25) is 0 Å². The second kappa shape index (κ2) is 9.87. The van der Waals surface area contributed by atoms with Gasteiger partial charge in [-0.15, -0.1) is 11.8 Å². The molecule has 0 radical (unpaired) electrons. The second-order valence-corrected chi connectivity index (χ2v) is 17.0. The number of thioether (sulfide) groups is 1. The van der Waals surface area contributed by atoms with Gasteiger partial charge in [0, 0.05) is 21.4 Å². The van der Waals surface area contributed by atoms with Crippen LogP contribution in [0.2, 0.25) is 13.1 Å². The molecule has 1 aromatic carbocycles. The van der Waals surface area contributed by atoms with Crippen LogP contribution in [-0.4, -0.2) is 30.5 Å². The van der Waals surface area contributed by atoms with Gasteiger partial charge in [-0.05, 0) is 35.1 Å². The van der Waals surface area contributed by atoms with E-state index in [4.69, 9.17) is 14.3 Å². The lowest BCUT2D eigenvalue weighted by atomic mass is 9.79. The predicted molar refractivity (Wildman–Crippen MR) is 133 cm³/mol. The van der Waals surface area contributed by atoms with Gasteiger partial charge < -0.3 is 14.3 Å². The Bertz CT molecular complexity index is 915. The molecule has 0 aliphatic heterocycles. The third kappa shape index (κ3) is 7.00. The molecule has 176 valence electrons. The number of carboxylic acids is 1. The molecule has 0 aliphatic carbocycles. The average molecular weight is 477 g/mol. The average Bonchev–Trinajstić information content (AvgIpc) is 3.19. The van der Waals surface area contributed by atoms with E-state index in [9.17, 15) is 9.59 Å². The van der Waals surface area contributed by atoms with Crippen molar-refractivity contribution in [3.63, 3.8) is 0 Å². The number of esters is 1. The second-order valence-electron chi connectivity index (χ2n) is 10.9. The first-order valence-electron chi connectivity index (χ1n) is 10.9. The smallest absolute Gasteiger partial charge is 0.311 e. The van der Waals surface area contributed by atoms with Crippen molar-refractivity contribution in [2.75, 3.05) is 5.38 Å². The van der Waals surface area contributed by atoms with E-state index in [-0.39, 0.29) is 23.7 Å². The maximum Gasteiger partial charge on any atom is 0.311 e. The molecule has 1 heterocycles. The lowest BCUT2D eigenvalue weighted by Gasteiger charge is -2.30. The van der Waals surface area contributed by atoms with Gasteiger partial charge in [0.15, 0.2) is 0 Å². The number of benzene rings is 1. The maximum absolute atomic E-state index is 12.5. The summed E-state index contributed by atoms with van der Waals surface area (Å²) in [5.41, 5.74) is 1.39. The molecule has 1 aromatic heterocycles. The molecular weight excluding hydrogens is 440 g/mol. The minimum absolute atomic E-state index is 0.151. The first kappa shape index (κ1) is 26.3. The summed E-state index contributed by atoms with van der Waals surface area (Å²) >= 11 is 1.81. The van der Waals surface area contributed by atoms with E-state index in [0.29, 0.717) is 5.75 Å². The van der Waals surface area contributed by atoms with E-state index < -0.39 is 20.0 Å². The first-order valence-corrected chi connectivity index (χ1v) is 15.1. The van der Waals surface area contributed by atoms with Gasteiger partial charge in [-0.25, -0.2) is 0 Å². The molecule has 0 aliphatic rings. The van der Waals surface area contributed by atoms with Crippen molar-refractivity contribution >= 4 is 37.2 Å². The number of carbonyl (C=O) groups excluding carboxylic acids is 1. The highest BCUT2D eigenvalue weighted by molar-refractivity contribution is 8.01. The number of aliphatic carboxylic acids is 1. The van der Waals surface area contributed by atoms with Crippen LogP contribution in [-0.2, 0) is 20.4 Å². The molecule has 0 amide bonds. The Morgan fingerprint density at radius 2 is 1.59 bits per heavy atom. The van der Waals surface area contributed by atoms with E-state index in [0.717, 1.165) is 26.8 Å². The van der Waals surface area contributed by atoms with Gasteiger partial charge in [0.1, 0.15) is 13.8 Å². The third-order valence-electron chi connectivity index (χ3n) is 5.23. The fourth-order valence-corrected chi connectivity index (χ4v) is 7.30. The van der Waals surface area contributed by atoms with Gasteiger partial charge in [0.25, 0.3) is 0 Å². The lowest BCUT2D eigenvalue weighted by Crippen LogP contribution is -2.43. The molecule has 1 N–H and O–H groups in total. The van der Waals surface area contributed by atoms with Gasteiger partial charge in [-0.2, -0.15) is 0 Å². The van der Waals surface area contributed by atoms with Crippen LogP contribution in [0.1, 0.15) is 65.5 Å². The summed E-state index contributed by atoms with van der Waals surface area (Å²) in [6.45, 7) is 17.2. The van der Waals surface area contributed by atoms with E-state index >= 15 is 0 Å². The standard InChI is InChI=1S/C25H36O5SSi/c1-24(2,3)18-14-17(31-16-32(7,8)22-10-9-13-29-22)15-19(25(4,5)6)23(18)30-21(28)12-11-20(26)27/h9-10,13-15H,11-12,16H2,1-8H3,(H,26,27). The SMILES string of the molecule is CC(C)(C)c1cc(SC[Si](C)(C)c2ccco2)cc(C(C)(C)C)c1OC(=O)CCC(=O)O. The van der Waals surface area contributed by atoms with E-state index in [1.54, 1.807) is 6.26 Å². The zero-order valence-electron chi connectivity index (χ0n) is 20.5. The Balaban J connectivity index is 2.45. The minimum Gasteiger partial charge on any atom is -0.481 e. The Hall–Kier alpha value is -1.99. The molecule has 0 saturated carbocycles. The molecule has 0 fully saturated rings. The van der Waals surface area contributed by atoms with Crippen molar-refractivity contribution < 1.29 is 23.8 Å². The summed E-state index contributed by atoms with van der Waals surface area (Å²) in [5, 5.41) is 11.0. The van der Waals surface area contributed by atoms with Crippen LogP contribution < -0.4 is 10.1 Å². The van der Waals surface area contributed by atoms with E-state index in [1.807, 2.05) is 17.8 Å². The number of carboxylic acid groups (broad SMARTS) is 1. The van der Waals surface area contributed by atoms with E-state index in [2.05, 4.69) is 72.8 Å². The number of carbonyl (C=O) groups is 2. The van der Waals surface area contributed by atoms with Gasteiger partial charge in [0.05, 0.1) is 24.5 Å². The molecule has 32 heavy (non-hydrogen) atoms. The van der Waals surface area contributed by atoms with Crippen LogP contribution >= 0.6 is 11.8 Å². The first-order chi connectivity index (χ1) is 14.6. The Labute approximate surface area is 196 Å². The van der Waals surface area contributed by atoms with Crippen molar-refractivity contribution in [1.29, 1.82) is 0 Å². The predicted octanol–water partition coefficient (Wildman–Crippen LogP) is 5.89. The van der Waals surface area contributed by atoms with E-state index in [1.165, 1.54) is 0 Å². The van der Waals surface area contributed by atoms with Crippen molar-refractivity contribution in [1.82, 2.24) is 0 Å². The fraction of sp³-hybridized carbons (Fsp3) is 0.520. The molecule has 0 atom stereocenters. The highest BCUT2D eigenvalue weighted by Gasteiger charge is 2.31. The van der Waals surface area contributed by atoms with Gasteiger partial charge in [-0.1, -0.05) is 54.6 Å². The highest BCUT2D eigenvalue weighted by atomic mass is 32.2. The van der Waals surface area contributed by atoms with Crippen LogP contribution in [0.4, 0.5) is 0 Å². The number of rotatable bonds is 8. The number of ether oxygens (including phenoxy) is 1. The maximum atomic E-state index is 12.5. The summed E-state index contributed by atoms with van der Waals surface area (Å²) in [4.78, 5) is 24.5. The Kier molecular flexibility index (Phi) is 8.10. The molecule has 5 nitrogen and oxygen atoms in total. The summed E-state index contributed by atoms with van der Waals surface area (Å²) in [7, 11) is -1.74. The van der Waals surface area contributed by atoms with Crippen molar-refractivity contribution in [2.24, 2.45) is 0 Å². The quantitative estimate of drug-likeness (QED) is 0.221. The van der Waals surface area contributed by atoms with Crippen molar-refractivity contribution in [2.45, 2.75) is 83.2 Å². The van der Waals surface area contributed by atoms with Crippen LogP contribution in [0.5, 0.6) is 5.75 Å². The zero-order chi connectivity index (χ0) is 24.3. The zero-order valence-corrected chi connectivity index (χ0v) is 22.3. The highest BCUT2D eigenvalue weighted by Crippen LogP contribution is 2.43. The van der Waals surface area contributed by atoms with Crippen LogP contribution in [0.3, 0.4) is 0 Å². The van der Waals surface area contributed by atoms with Crippen LogP contribution in [0, 0.1) is 0 Å². The molecule has 0 unspecified atom stereocenters. The van der Waals surface area contributed by atoms with Gasteiger partial charge in [-0.3, -0.25) is 9.59 Å². The Morgan fingerprint density at radius 1 is 1.03 bits per heavy atom. The largest absolute Gasteiger partial charge is 0.481 e. The molecular formula is C25H36O5SSi. The number of hydrogen-bond acceptors (Lipinski definition) is 5. The lowest BCUT2D eigenvalue weighted by molar-refractivity contribution is -0.142. The van der Waals surface area contributed by atoms with Crippen LogP contribution in [0.15, 0.2) is 39.8 Å². The van der Waals surface area contributed by atoms with Gasteiger partial charge >= 0.3 is 11.9 Å². The monoisotopic (exact) mass is 476 g/mol. The molecule has 7 heteroatoms. The minimum atomic E-state index is -1.74. The normalized spacial score (nSPS) is 12.6. The molecule has 0 spiro atoms. The number of hydrogen-bond donors (Lipinski definition) is 1. The number of furan rings is 1.